The van der Waals surface area contributed by atoms with Gasteiger partial charge in [-0.3, -0.25) is 4.90 Å². The molecule has 3 aromatic rings. The number of ether oxygens (including phenoxy) is 1. The highest BCUT2D eigenvalue weighted by atomic mass is 16.5. The zero-order valence-electron chi connectivity index (χ0n) is 14.4. The maximum absolute atomic E-state index is 5.94. The summed E-state index contributed by atoms with van der Waals surface area (Å²) in [5.74, 6) is 1.08. The Kier molecular flexibility index (Phi) is 3.72. The number of rotatable bonds is 2. The molecule has 4 heterocycles. The van der Waals surface area contributed by atoms with Crippen molar-refractivity contribution in [1.29, 1.82) is 0 Å². The van der Waals surface area contributed by atoms with E-state index in [1.165, 1.54) is 5.56 Å². The third-order valence-corrected chi connectivity index (χ3v) is 5.28. The minimum absolute atomic E-state index is 0.254. The second-order valence-electron chi connectivity index (χ2n) is 6.81. The molecule has 26 heavy (non-hydrogen) atoms. The molecule has 2 fully saturated rings. The lowest BCUT2D eigenvalue weighted by Crippen LogP contribution is -2.59. The van der Waals surface area contributed by atoms with E-state index >= 15 is 0 Å². The van der Waals surface area contributed by atoms with Gasteiger partial charge >= 0.3 is 0 Å². The summed E-state index contributed by atoms with van der Waals surface area (Å²) in [6.45, 7) is 4.14. The van der Waals surface area contributed by atoms with Crippen molar-refractivity contribution in [3.05, 3.63) is 42.2 Å². The highest BCUT2D eigenvalue weighted by molar-refractivity contribution is 5.84. The van der Waals surface area contributed by atoms with Crippen LogP contribution in [0.2, 0.25) is 0 Å². The van der Waals surface area contributed by atoms with E-state index in [2.05, 4.69) is 60.1 Å². The van der Waals surface area contributed by atoms with Crippen molar-refractivity contribution in [1.82, 2.24) is 24.8 Å². The minimum atomic E-state index is 0.254. The van der Waals surface area contributed by atoms with Gasteiger partial charge in [0.2, 0.25) is 5.95 Å². The Balaban J connectivity index is 1.42. The molecular formula is C18H21N7O. The molecule has 3 N–H and O–H groups in total. The number of nitrogens with one attached hydrogen (secondary N) is 1. The van der Waals surface area contributed by atoms with Crippen LogP contribution in [0, 0.1) is 0 Å². The van der Waals surface area contributed by atoms with Gasteiger partial charge in [-0.1, -0.05) is 30.3 Å². The van der Waals surface area contributed by atoms with Crippen LogP contribution in [0.15, 0.2) is 36.7 Å². The van der Waals surface area contributed by atoms with Crippen molar-refractivity contribution in [2.75, 3.05) is 43.5 Å². The first kappa shape index (κ1) is 15.5. The fourth-order valence-corrected chi connectivity index (χ4v) is 4.06. The van der Waals surface area contributed by atoms with Crippen molar-refractivity contribution >= 4 is 22.9 Å². The Hall–Kier alpha value is -2.71. The number of H-pyrrole nitrogens is 1. The van der Waals surface area contributed by atoms with E-state index in [1.54, 1.807) is 6.33 Å². The molecule has 0 radical (unpaired) electrons. The third-order valence-electron chi connectivity index (χ3n) is 5.28. The summed E-state index contributed by atoms with van der Waals surface area (Å²) in [5.41, 5.74) is 8.64. The first-order chi connectivity index (χ1) is 12.8. The first-order valence-electron chi connectivity index (χ1n) is 8.89. The zero-order valence-corrected chi connectivity index (χ0v) is 14.4. The SMILES string of the molecule is Nc1nc(N2CCN3[C@@H](COC[C@@H]3c3ccccc3)C2)c2[nH]cnc2n1. The number of aromatic nitrogens is 4. The number of imidazole rings is 1. The summed E-state index contributed by atoms with van der Waals surface area (Å²) in [5, 5.41) is 0. The van der Waals surface area contributed by atoms with Crippen molar-refractivity contribution in [2.45, 2.75) is 12.1 Å². The number of fused-ring (bicyclic) bond motifs is 2. The van der Waals surface area contributed by atoms with Crippen LogP contribution in [0.1, 0.15) is 11.6 Å². The summed E-state index contributed by atoms with van der Waals surface area (Å²) >= 11 is 0. The van der Waals surface area contributed by atoms with Crippen LogP contribution in [0.25, 0.3) is 11.2 Å². The Morgan fingerprint density at radius 2 is 2.00 bits per heavy atom. The molecule has 8 nitrogen and oxygen atoms in total. The quantitative estimate of drug-likeness (QED) is 0.716. The van der Waals surface area contributed by atoms with Crippen LogP contribution < -0.4 is 10.6 Å². The maximum atomic E-state index is 5.94. The van der Waals surface area contributed by atoms with E-state index in [4.69, 9.17) is 10.5 Å². The number of morpholine rings is 1. The van der Waals surface area contributed by atoms with Gasteiger partial charge < -0.3 is 20.4 Å². The first-order valence-corrected chi connectivity index (χ1v) is 8.89. The van der Waals surface area contributed by atoms with Gasteiger partial charge in [0.1, 0.15) is 5.52 Å². The number of nitrogen functional groups attached to an aromatic ring is 1. The van der Waals surface area contributed by atoms with Gasteiger partial charge in [0.05, 0.1) is 31.6 Å². The second-order valence-corrected chi connectivity index (χ2v) is 6.81. The maximum Gasteiger partial charge on any atom is 0.224 e. The summed E-state index contributed by atoms with van der Waals surface area (Å²) < 4.78 is 5.94. The van der Waals surface area contributed by atoms with Crippen LogP contribution in [-0.2, 0) is 4.74 Å². The molecule has 0 spiro atoms. The normalized spacial score (nSPS) is 23.9. The lowest BCUT2D eigenvalue weighted by atomic mass is 10.00. The predicted molar refractivity (Wildman–Crippen MR) is 98.8 cm³/mol. The largest absolute Gasteiger partial charge is 0.378 e. The van der Waals surface area contributed by atoms with Gasteiger partial charge in [-0.05, 0) is 5.56 Å². The van der Waals surface area contributed by atoms with Crippen LogP contribution in [0.4, 0.5) is 11.8 Å². The molecule has 8 heteroatoms. The Morgan fingerprint density at radius 1 is 1.12 bits per heavy atom. The monoisotopic (exact) mass is 351 g/mol. The van der Waals surface area contributed by atoms with Crippen LogP contribution >= 0.6 is 0 Å². The van der Waals surface area contributed by atoms with Gasteiger partial charge in [0.15, 0.2) is 11.5 Å². The third kappa shape index (κ3) is 2.58. The van der Waals surface area contributed by atoms with Crippen LogP contribution in [-0.4, -0.2) is 63.7 Å². The minimum Gasteiger partial charge on any atom is -0.378 e. The molecule has 0 saturated carbocycles. The van der Waals surface area contributed by atoms with E-state index in [-0.39, 0.29) is 5.95 Å². The standard InChI is InChI=1S/C18H21N7O/c19-18-22-16-15(20-11-21-16)17(23-18)24-6-7-25-13(8-24)9-26-10-14(25)12-4-2-1-3-5-12/h1-5,11,13-14H,6-10H2,(H3,19,20,21,22,23)/t13-,14-/m1/s1. The molecule has 0 aliphatic carbocycles. The fraction of sp³-hybridized carbons (Fsp3) is 0.389. The fourth-order valence-electron chi connectivity index (χ4n) is 4.06. The molecule has 134 valence electrons. The Bertz CT molecular complexity index is 912. The summed E-state index contributed by atoms with van der Waals surface area (Å²) in [7, 11) is 0. The van der Waals surface area contributed by atoms with Crippen molar-refractivity contribution in [3.8, 4) is 0 Å². The van der Waals surface area contributed by atoms with E-state index in [0.717, 1.165) is 44.2 Å². The molecule has 2 saturated heterocycles. The highest BCUT2D eigenvalue weighted by Crippen LogP contribution is 2.32. The zero-order chi connectivity index (χ0) is 17.5. The number of nitrogens with two attached hydrogens (primary N) is 1. The molecule has 2 aliphatic heterocycles. The topological polar surface area (TPSA) is 96.2 Å². The van der Waals surface area contributed by atoms with Crippen molar-refractivity contribution in [3.63, 3.8) is 0 Å². The number of hydrogen-bond acceptors (Lipinski definition) is 7. The van der Waals surface area contributed by atoms with Crippen LogP contribution in [0.3, 0.4) is 0 Å². The van der Waals surface area contributed by atoms with Gasteiger partial charge in [0.25, 0.3) is 0 Å². The molecule has 2 atom stereocenters. The van der Waals surface area contributed by atoms with E-state index in [0.29, 0.717) is 17.7 Å². The van der Waals surface area contributed by atoms with Crippen LogP contribution in [0.5, 0.6) is 0 Å². The van der Waals surface area contributed by atoms with Crippen molar-refractivity contribution in [2.24, 2.45) is 0 Å². The van der Waals surface area contributed by atoms with E-state index in [1.807, 2.05) is 0 Å². The molecule has 5 rings (SSSR count). The lowest BCUT2D eigenvalue weighted by molar-refractivity contribution is -0.0547. The number of benzene rings is 1. The number of hydrogen-bond donors (Lipinski definition) is 2. The molecule has 0 bridgehead atoms. The summed E-state index contributed by atoms with van der Waals surface area (Å²) in [6, 6.07) is 11.2. The highest BCUT2D eigenvalue weighted by Gasteiger charge is 2.37. The van der Waals surface area contributed by atoms with Crippen molar-refractivity contribution < 1.29 is 4.74 Å². The molecule has 2 aliphatic rings. The smallest absolute Gasteiger partial charge is 0.224 e. The molecule has 0 unspecified atom stereocenters. The van der Waals surface area contributed by atoms with Gasteiger partial charge in [-0.15, -0.1) is 0 Å². The average Bonchev–Trinajstić information content (AvgIpc) is 3.15. The molecular weight excluding hydrogens is 330 g/mol. The summed E-state index contributed by atoms with van der Waals surface area (Å²) in [6.07, 6.45) is 1.63. The van der Waals surface area contributed by atoms with Gasteiger partial charge in [-0.25, -0.2) is 4.98 Å². The molecule has 2 aromatic heterocycles. The van der Waals surface area contributed by atoms with Gasteiger partial charge in [0, 0.05) is 19.6 Å². The molecule has 1 aromatic carbocycles. The predicted octanol–water partition coefficient (Wildman–Crippen LogP) is 1.20. The summed E-state index contributed by atoms with van der Waals surface area (Å²) in [4.78, 5) is 20.8. The van der Waals surface area contributed by atoms with E-state index < -0.39 is 0 Å². The number of aromatic amines is 1. The Morgan fingerprint density at radius 3 is 2.88 bits per heavy atom. The average molecular weight is 351 g/mol. The number of nitrogens with zero attached hydrogens (tertiary/aromatic N) is 5. The lowest BCUT2D eigenvalue weighted by Gasteiger charge is -2.48. The number of piperazine rings is 1. The van der Waals surface area contributed by atoms with E-state index in [9.17, 15) is 0 Å². The van der Waals surface area contributed by atoms with Gasteiger partial charge in [-0.2, -0.15) is 9.97 Å². The second kappa shape index (κ2) is 6.22. The Labute approximate surface area is 151 Å². The molecule has 0 amide bonds. The number of anilines is 2.